The quantitative estimate of drug-likeness (QED) is 0.749. The van der Waals surface area contributed by atoms with Crippen LogP contribution in [0.1, 0.15) is 34.3 Å². The van der Waals surface area contributed by atoms with E-state index in [1.54, 1.807) is 11.9 Å². The van der Waals surface area contributed by atoms with Crippen molar-refractivity contribution in [2.24, 2.45) is 0 Å². The maximum Gasteiger partial charge on any atom is 0.253 e. The predicted octanol–water partition coefficient (Wildman–Crippen LogP) is 5.31. The molecule has 0 bridgehead atoms. The van der Waals surface area contributed by atoms with Gasteiger partial charge >= 0.3 is 0 Å². The molecule has 2 aromatic rings. The van der Waals surface area contributed by atoms with Gasteiger partial charge in [0.15, 0.2) is 0 Å². The van der Waals surface area contributed by atoms with Crippen LogP contribution in [0.25, 0.3) is 0 Å². The number of hydrogen-bond donors (Lipinski definition) is 1. The first-order valence-electron chi connectivity index (χ1n) is 8.13. The van der Waals surface area contributed by atoms with E-state index in [2.05, 4.69) is 10.8 Å². The topological polar surface area (TPSA) is 32.3 Å². The second-order valence-electron chi connectivity index (χ2n) is 6.15. The molecule has 24 heavy (non-hydrogen) atoms. The van der Waals surface area contributed by atoms with Crippen molar-refractivity contribution in [1.82, 2.24) is 4.90 Å². The number of nitrogens with one attached hydrogen (secondary N) is 1. The summed E-state index contributed by atoms with van der Waals surface area (Å²) in [7, 11) is 0. The Labute approximate surface area is 152 Å². The zero-order valence-corrected chi connectivity index (χ0v) is 15.5. The van der Waals surface area contributed by atoms with E-state index in [0.717, 1.165) is 58.2 Å². The van der Waals surface area contributed by atoms with Gasteiger partial charge in [-0.2, -0.15) is 0 Å². The monoisotopic (exact) mass is 360 g/mol. The van der Waals surface area contributed by atoms with Crippen LogP contribution >= 0.6 is 23.5 Å². The van der Waals surface area contributed by atoms with Gasteiger partial charge in [-0.3, -0.25) is 4.79 Å². The molecule has 1 saturated heterocycles. The summed E-state index contributed by atoms with van der Waals surface area (Å²) in [5, 5.41) is 0.787. The van der Waals surface area contributed by atoms with Crippen molar-refractivity contribution < 1.29 is 4.79 Å². The molecule has 1 N–H and O–H groups in total. The van der Waals surface area contributed by atoms with Crippen LogP contribution in [0.4, 0.5) is 5.69 Å². The summed E-state index contributed by atoms with van der Waals surface area (Å²) in [5.41, 5.74) is 3.86. The molecule has 126 valence electrons. The minimum atomic E-state index is 0.125. The van der Waals surface area contributed by atoms with Crippen molar-refractivity contribution in [2.45, 2.75) is 31.6 Å². The molecule has 0 radical (unpaired) electrons. The molecule has 1 aliphatic rings. The van der Waals surface area contributed by atoms with Crippen LogP contribution in [0.3, 0.4) is 0 Å². The molecule has 0 unspecified atom stereocenters. The number of benzene rings is 2. The molecular formula is C19H21ClN2OS. The van der Waals surface area contributed by atoms with Crippen LogP contribution in [-0.2, 0) is 0 Å². The summed E-state index contributed by atoms with van der Waals surface area (Å²) in [4.78, 5) is 15.5. The molecule has 1 heterocycles. The van der Waals surface area contributed by atoms with Gasteiger partial charge in [-0.15, -0.1) is 0 Å². The van der Waals surface area contributed by atoms with Crippen molar-refractivity contribution in [3.8, 4) is 0 Å². The molecule has 3 rings (SSSR count). The summed E-state index contributed by atoms with van der Waals surface area (Å²) < 4.78 is 3.34. The number of anilines is 1. The number of carbonyl (C=O) groups excluding carboxylic acids is 1. The van der Waals surface area contributed by atoms with Crippen molar-refractivity contribution in [1.29, 1.82) is 0 Å². The highest BCUT2D eigenvalue weighted by Gasteiger charge is 2.19. The summed E-state index contributed by atoms with van der Waals surface area (Å²) in [6.07, 6.45) is 2.21. The van der Waals surface area contributed by atoms with E-state index in [0.29, 0.717) is 0 Å². The molecule has 2 aromatic carbocycles. The van der Waals surface area contributed by atoms with E-state index < -0.39 is 0 Å². The van der Waals surface area contributed by atoms with E-state index in [4.69, 9.17) is 11.6 Å². The average molecular weight is 361 g/mol. The van der Waals surface area contributed by atoms with Crippen LogP contribution < -0.4 is 4.72 Å². The summed E-state index contributed by atoms with van der Waals surface area (Å²) in [6, 6.07) is 11.8. The second kappa shape index (κ2) is 7.49. The smallest absolute Gasteiger partial charge is 0.253 e. The van der Waals surface area contributed by atoms with Crippen molar-refractivity contribution >= 4 is 35.1 Å². The van der Waals surface area contributed by atoms with Gasteiger partial charge in [0.2, 0.25) is 0 Å². The van der Waals surface area contributed by atoms with E-state index >= 15 is 0 Å². The normalized spacial score (nSPS) is 14.0. The number of carbonyl (C=O) groups is 1. The van der Waals surface area contributed by atoms with E-state index in [-0.39, 0.29) is 5.91 Å². The molecule has 0 aliphatic carbocycles. The molecule has 1 fully saturated rings. The third-order valence-corrected chi connectivity index (χ3v) is 5.64. The highest BCUT2D eigenvalue weighted by molar-refractivity contribution is 8.00. The molecule has 0 saturated carbocycles. The Morgan fingerprint density at radius 2 is 1.88 bits per heavy atom. The lowest BCUT2D eigenvalue weighted by Gasteiger charge is -2.16. The SMILES string of the molecule is Cc1cc(SNc2cccc(C(=O)N3CCCC3)c2)c(C)cc1Cl. The summed E-state index contributed by atoms with van der Waals surface area (Å²) in [6.45, 7) is 5.78. The van der Waals surface area contributed by atoms with Crippen LogP contribution in [0.15, 0.2) is 41.3 Å². The van der Waals surface area contributed by atoms with Gasteiger partial charge in [0.25, 0.3) is 5.91 Å². The Morgan fingerprint density at radius 1 is 1.12 bits per heavy atom. The van der Waals surface area contributed by atoms with Gasteiger partial charge in [0.05, 0.1) is 0 Å². The minimum Gasteiger partial charge on any atom is -0.339 e. The first-order valence-corrected chi connectivity index (χ1v) is 9.33. The van der Waals surface area contributed by atoms with Gasteiger partial charge in [-0.05, 0) is 80.1 Å². The van der Waals surface area contributed by atoms with Crippen molar-refractivity contribution in [3.05, 3.63) is 58.1 Å². The Morgan fingerprint density at radius 3 is 2.62 bits per heavy atom. The standard InChI is InChI=1S/C19H21ClN2OS/c1-13-11-18(14(2)10-17(13)20)24-21-16-7-5-6-15(12-16)19(23)22-8-3-4-9-22/h5-7,10-12,21H,3-4,8-9H2,1-2H3. The molecule has 5 heteroatoms. The van der Waals surface area contributed by atoms with Gasteiger partial charge in [0.1, 0.15) is 0 Å². The number of aryl methyl sites for hydroxylation is 2. The van der Waals surface area contributed by atoms with Gasteiger partial charge in [-0.1, -0.05) is 17.7 Å². The fraction of sp³-hybridized carbons (Fsp3) is 0.316. The lowest BCUT2D eigenvalue weighted by atomic mass is 10.2. The lowest BCUT2D eigenvalue weighted by molar-refractivity contribution is 0.0793. The maximum atomic E-state index is 12.5. The van der Waals surface area contributed by atoms with Crippen LogP contribution in [0.2, 0.25) is 5.02 Å². The van der Waals surface area contributed by atoms with Crippen LogP contribution in [0.5, 0.6) is 0 Å². The Hall–Kier alpha value is -1.65. The van der Waals surface area contributed by atoms with Gasteiger partial charge < -0.3 is 9.62 Å². The number of rotatable bonds is 4. The Kier molecular flexibility index (Phi) is 5.36. The number of amides is 1. The third-order valence-electron chi connectivity index (χ3n) is 4.24. The fourth-order valence-corrected chi connectivity index (χ4v) is 3.83. The number of nitrogens with zero attached hydrogens (tertiary/aromatic N) is 1. The highest BCUT2D eigenvalue weighted by Crippen LogP contribution is 2.29. The van der Waals surface area contributed by atoms with Gasteiger partial charge in [-0.25, -0.2) is 0 Å². The van der Waals surface area contributed by atoms with E-state index in [1.165, 1.54) is 0 Å². The average Bonchev–Trinajstić information content (AvgIpc) is 3.11. The highest BCUT2D eigenvalue weighted by atomic mass is 35.5. The molecule has 3 nitrogen and oxygen atoms in total. The minimum absolute atomic E-state index is 0.125. The zero-order chi connectivity index (χ0) is 17.1. The van der Waals surface area contributed by atoms with Crippen molar-refractivity contribution in [3.63, 3.8) is 0 Å². The Bertz CT molecular complexity index is 757. The first-order chi connectivity index (χ1) is 11.5. The number of halogens is 1. The molecule has 0 spiro atoms. The number of hydrogen-bond acceptors (Lipinski definition) is 3. The fourth-order valence-electron chi connectivity index (χ4n) is 2.80. The van der Waals surface area contributed by atoms with Gasteiger partial charge in [0, 0.05) is 34.3 Å². The molecule has 1 aliphatic heterocycles. The molecular weight excluding hydrogens is 340 g/mol. The maximum absolute atomic E-state index is 12.5. The third kappa shape index (κ3) is 3.87. The second-order valence-corrected chi connectivity index (χ2v) is 7.41. The van der Waals surface area contributed by atoms with E-state index in [9.17, 15) is 4.79 Å². The van der Waals surface area contributed by atoms with E-state index in [1.807, 2.05) is 49.1 Å². The predicted molar refractivity (Wildman–Crippen MR) is 102 cm³/mol. The van der Waals surface area contributed by atoms with Crippen LogP contribution in [-0.4, -0.2) is 23.9 Å². The lowest BCUT2D eigenvalue weighted by Crippen LogP contribution is -2.27. The zero-order valence-electron chi connectivity index (χ0n) is 13.9. The van der Waals surface area contributed by atoms with Crippen LogP contribution in [0, 0.1) is 13.8 Å². The molecule has 1 amide bonds. The number of likely N-dealkylation sites (tertiary alicyclic amines) is 1. The summed E-state index contributed by atoms with van der Waals surface area (Å²) >= 11 is 7.69. The largest absolute Gasteiger partial charge is 0.339 e. The first kappa shape index (κ1) is 17.2. The summed E-state index contributed by atoms with van der Waals surface area (Å²) in [5.74, 6) is 0.125. The Balaban J connectivity index is 1.71. The molecule has 0 atom stereocenters. The van der Waals surface area contributed by atoms with Crippen molar-refractivity contribution in [2.75, 3.05) is 17.8 Å². The molecule has 0 aromatic heterocycles.